The molecule has 0 aromatic rings. The predicted molar refractivity (Wildman–Crippen MR) is 39.7 cm³/mol. The summed E-state index contributed by atoms with van der Waals surface area (Å²) in [6.45, 7) is 1.65. The average Bonchev–Trinajstić information content (AvgIpc) is 1.87. The minimum Gasteiger partial charge on any atom is -0.299 e. The van der Waals surface area contributed by atoms with Crippen molar-refractivity contribution in [3.8, 4) is 0 Å². The van der Waals surface area contributed by atoms with Crippen molar-refractivity contribution in [2.45, 2.75) is 19.8 Å². The number of carbonyl (C=O) groups excluding carboxylic acids is 1. The molecule has 0 atom stereocenters. The summed E-state index contributed by atoms with van der Waals surface area (Å²) in [7, 11) is -2.42. The van der Waals surface area contributed by atoms with E-state index in [4.69, 9.17) is 11.6 Å². The largest absolute Gasteiger partial charge is 0.299 e. The van der Waals surface area contributed by atoms with Crippen LogP contribution in [-0.4, -0.2) is 18.5 Å². The van der Waals surface area contributed by atoms with Crippen LogP contribution in [0.1, 0.15) is 19.8 Å². The van der Waals surface area contributed by atoms with Gasteiger partial charge < -0.3 is 0 Å². The minimum absolute atomic E-state index is 0.172. The van der Waals surface area contributed by atoms with Crippen molar-refractivity contribution in [1.29, 1.82) is 0 Å². The minimum atomic E-state index is -2.42. The molecule has 0 saturated heterocycles. The molecule has 0 aliphatic carbocycles. The van der Waals surface area contributed by atoms with Crippen LogP contribution in [0.5, 0.6) is 0 Å². The molecule has 0 N–H and O–H groups in total. The molecular weight excluding hydrogens is 176 g/mol. The van der Waals surface area contributed by atoms with Gasteiger partial charge in [-0.25, -0.2) is 0 Å². The van der Waals surface area contributed by atoms with E-state index in [0.29, 0.717) is 6.42 Å². The molecule has 0 amide bonds. The molecule has 0 aliphatic rings. The Labute approximate surface area is 65.5 Å². The highest BCUT2D eigenvalue weighted by Crippen LogP contribution is 1.94. The van der Waals surface area contributed by atoms with Gasteiger partial charge in [0.25, 0.3) is 0 Å². The second-order valence-corrected chi connectivity index (χ2v) is 3.30. The lowest BCUT2D eigenvalue weighted by atomic mass is 10.2. The third-order valence-electron chi connectivity index (χ3n) is 0.911. The van der Waals surface area contributed by atoms with Crippen LogP contribution in [0.3, 0.4) is 0 Å². The summed E-state index contributed by atoms with van der Waals surface area (Å²) in [5.41, 5.74) is 0. The lowest BCUT2D eigenvalue weighted by molar-refractivity contribution is -0.117. The highest BCUT2D eigenvalue weighted by molar-refractivity contribution is 7.76. The first kappa shape index (κ1) is 9.65. The molecule has 10 heavy (non-hydrogen) atoms. The predicted octanol–water partition coefficient (Wildman–Crippen LogP) is 0.603. The summed E-state index contributed by atoms with van der Waals surface area (Å²) >= 11 is 5.17. The van der Waals surface area contributed by atoms with Gasteiger partial charge in [0.15, 0.2) is 0 Å². The molecule has 0 spiro atoms. The monoisotopic (exact) mass is 182 g/mol. The Hall–Kier alpha value is -0.350. The summed E-state index contributed by atoms with van der Waals surface area (Å²) < 4.78 is 19.7. The van der Waals surface area contributed by atoms with E-state index in [9.17, 15) is 13.2 Å². The van der Waals surface area contributed by atoms with Crippen LogP contribution in [0, 0.1) is 0 Å². The number of ketones is 1. The topological polar surface area (TPSA) is 51.2 Å². The van der Waals surface area contributed by atoms with Crippen LogP contribution in [0.2, 0.25) is 0 Å². The second-order valence-electron chi connectivity index (χ2n) is 1.66. The van der Waals surface area contributed by atoms with Gasteiger partial charge in [-0.1, -0.05) is 18.5 Å². The fourth-order valence-electron chi connectivity index (χ4n) is 0.339. The first-order chi connectivity index (χ1) is 4.57. The number of rotatable bonds is 3. The van der Waals surface area contributed by atoms with Crippen LogP contribution in [0.4, 0.5) is 0 Å². The quantitative estimate of drug-likeness (QED) is 0.475. The normalized spacial score (nSPS) is 9.00. The van der Waals surface area contributed by atoms with Gasteiger partial charge >= 0.3 is 0 Å². The first-order valence-electron chi connectivity index (χ1n) is 2.70. The Balaban J connectivity index is 4.20. The van der Waals surface area contributed by atoms with E-state index in [1.54, 1.807) is 6.92 Å². The van der Waals surface area contributed by atoms with E-state index in [1.807, 2.05) is 0 Å². The zero-order valence-electron chi connectivity index (χ0n) is 5.43. The zero-order valence-corrected chi connectivity index (χ0v) is 7.00. The summed E-state index contributed by atoms with van der Waals surface area (Å²) in [5.74, 6) is -0.172. The fraction of sp³-hybridized carbons (Fsp3) is 0.600. The van der Waals surface area contributed by atoms with Gasteiger partial charge in [0.1, 0.15) is 10.1 Å². The Morgan fingerprint density at radius 3 is 2.30 bits per heavy atom. The molecule has 0 radical (unpaired) electrons. The van der Waals surface area contributed by atoms with Gasteiger partial charge in [-0.3, -0.25) is 4.79 Å². The van der Waals surface area contributed by atoms with Crippen molar-refractivity contribution in [2.24, 2.45) is 0 Å². The van der Waals surface area contributed by atoms with Gasteiger partial charge in [0, 0.05) is 6.42 Å². The molecule has 0 aliphatic heterocycles. The third kappa shape index (κ3) is 3.63. The number of hydrogen-bond acceptors (Lipinski definition) is 3. The van der Waals surface area contributed by atoms with Crippen LogP contribution in [0.25, 0.3) is 0 Å². The van der Waals surface area contributed by atoms with Crippen molar-refractivity contribution in [2.75, 3.05) is 0 Å². The van der Waals surface area contributed by atoms with Gasteiger partial charge in [-0.2, -0.15) is 8.42 Å². The van der Waals surface area contributed by atoms with Crippen molar-refractivity contribution in [3.05, 3.63) is 0 Å². The van der Waals surface area contributed by atoms with E-state index in [-0.39, 0.29) is 16.5 Å². The number of hydrogen-bond donors (Lipinski definition) is 0. The molecule has 5 heteroatoms. The number of Topliss-reactive ketones (excluding diaryl/α,β-unsaturated/α-hetero) is 1. The SMILES string of the molecule is CCC(=O)CC(Cl)=S(=O)=O. The van der Waals surface area contributed by atoms with E-state index >= 15 is 0 Å². The molecule has 3 nitrogen and oxygen atoms in total. The van der Waals surface area contributed by atoms with Crippen LogP contribution in [-0.2, 0) is 15.1 Å². The summed E-state index contributed by atoms with van der Waals surface area (Å²) in [5, 5.41) is 0. The lowest BCUT2D eigenvalue weighted by Gasteiger charge is -1.88. The third-order valence-corrected chi connectivity index (χ3v) is 1.93. The summed E-state index contributed by atoms with van der Waals surface area (Å²) in [6, 6.07) is 0. The Morgan fingerprint density at radius 1 is 1.50 bits per heavy atom. The zero-order chi connectivity index (χ0) is 8.15. The average molecular weight is 183 g/mol. The Kier molecular flexibility index (Phi) is 4.31. The Bertz CT molecular complexity index is 244. The van der Waals surface area contributed by atoms with Crippen LogP contribution < -0.4 is 0 Å². The summed E-state index contributed by atoms with van der Waals surface area (Å²) in [4.78, 5) is 10.5. The number of carbonyl (C=O) groups is 1. The molecule has 0 aromatic carbocycles. The lowest BCUT2D eigenvalue weighted by Crippen LogP contribution is -2.01. The molecule has 0 bridgehead atoms. The smallest absolute Gasteiger partial charge is 0.229 e. The van der Waals surface area contributed by atoms with E-state index in [1.165, 1.54) is 0 Å². The van der Waals surface area contributed by atoms with Gasteiger partial charge in [0.2, 0.25) is 10.3 Å². The second kappa shape index (κ2) is 4.46. The van der Waals surface area contributed by atoms with E-state index in [0.717, 1.165) is 0 Å². The molecular formula is C5H7ClO3S. The highest BCUT2D eigenvalue weighted by atomic mass is 35.5. The van der Waals surface area contributed by atoms with Crippen LogP contribution in [0.15, 0.2) is 0 Å². The fourth-order valence-corrected chi connectivity index (χ4v) is 0.767. The standard InChI is InChI=1S/C5H7ClO3S/c1-2-4(7)3-5(6)10(8)9/h2-3H2,1H3. The molecule has 0 fully saturated rings. The van der Waals surface area contributed by atoms with Crippen LogP contribution >= 0.6 is 11.6 Å². The maximum atomic E-state index is 10.5. The molecule has 0 unspecified atom stereocenters. The van der Waals surface area contributed by atoms with Crippen molar-refractivity contribution in [1.82, 2.24) is 0 Å². The molecule has 0 rings (SSSR count). The molecule has 0 aromatic heterocycles. The van der Waals surface area contributed by atoms with Crippen molar-refractivity contribution in [3.63, 3.8) is 0 Å². The number of halogens is 1. The summed E-state index contributed by atoms with van der Waals surface area (Å²) in [6.07, 6.45) is 0.140. The maximum absolute atomic E-state index is 10.5. The first-order valence-corrected chi connectivity index (χ1v) is 4.15. The van der Waals surface area contributed by atoms with Gasteiger partial charge in [-0.15, -0.1) is 0 Å². The van der Waals surface area contributed by atoms with Crippen molar-refractivity contribution >= 4 is 32.0 Å². The van der Waals surface area contributed by atoms with E-state index < -0.39 is 10.3 Å². The highest BCUT2D eigenvalue weighted by Gasteiger charge is 2.02. The van der Waals surface area contributed by atoms with E-state index in [2.05, 4.69) is 0 Å². The maximum Gasteiger partial charge on any atom is 0.229 e. The van der Waals surface area contributed by atoms with Gasteiger partial charge in [-0.05, 0) is 0 Å². The van der Waals surface area contributed by atoms with Gasteiger partial charge in [0.05, 0.1) is 6.42 Å². The Morgan fingerprint density at radius 2 is 2.00 bits per heavy atom. The molecule has 58 valence electrons. The van der Waals surface area contributed by atoms with Crippen molar-refractivity contribution < 1.29 is 13.2 Å². The molecule has 0 heterocycles. The molecule has 0 saturated carbocycles.